The molecule has 1 aliphatic heterocycles. The van der Waals surface area contributed by atoms with E-state index in [1.807, 2.05) is 12.3 Å². The van der Waals surface area contributed by atoms with Crippen LogP contribution in [0.25, 0.3) is 0 Å². The Morgan fingerprint density at radius 1 is 1.18 bits per heavy atom. The number of rotatable bonds is 3. The van der Waals surface area contributed by atoms with E-state index in [9.17, 15) is 0 Å². The predicted octanol–water partition coefficient (Wildman–Crippen LogP) is 0.695. The Hall–Kier alpha value is -1.13. The Balaban J connectivity index is 1.61. The average Bonchev–Trinajstić information content (AvgIpc) is 3.21. The Labute approximate surface area is 102 Å². The largest absolute Gasteiger partial charge is 0.354 e. The van der Waals surface area contributed by atoms with Crippen LogP contribution in [0.4, 0.5) is 5.82 Å². The molecule has 4 nitrogen and oxygen atoms in total. The standard InChI is InChI=1S/C13H20N4/c14-11-13(4-5-13)17-9-7-16(8-10-17)12-3-1-2-6-15-12/h1-3,6H,4-5,7-11,14H2. The number of aromatic nitrogens is 1. The van der Waals surface area contributed by atoms with Crippen molar-refractivity contribution < 1.29 is 0 Å². The van der Waals surface area contributed by atoms with Gasteiger partial charge < -0.3 is 10.6 Å². The van der Waals surface area contributed by atoms with Crippen LogP contribution in [0.5, 0.6) is 0 Å². The summed E-state index contributed by atoms with van der Waals surface area (Å²) in [6.07, 6.45) is 4.43. The Morgan fingerprint density at radius 2 is 1.94 bits per heavy atom. The van der Waals surface area contributed by atoms with Crippen molar-refractivity contribution in [3.05, 3.63) is 24.4 Å². The third-order valence-electron chi connectivity index (χ3n) is 4.13. The predicted molar refractivity (Wildman–Crippen MR) is 69.0 cm³/mol. The van der Waals surface area contributed by atoms with Crippen molar-refractivity contribution in [1.29, 1.82) is 0 Å². The van der Waals surface area contributed by atoms with Crippen LogP contribution >= 0.6 is 0 Å². The lowest BCUT2D eigenvalue weighted by molar-refractivity contribution is 0.171. The summed E-state index contributed by atoms with van der Waals surface area (Å²) >= 11 is 0. The van der Waals surface area contributed by atoms with Gasteiger partial charge in [-0.25, -0.2) is 4.98 Å². The zero-order valence-corrected chi connectivity index (χ0v) is 10.2. The van der Waals surface area contributed by atoms with Crippen molar-refractivity contribution in [3.63, 3.8) is 0 Å². The average molecular weight is 232 g/mol. The molecule has 0 aromatic carbocycles. The number of anilines is 1. The fraction of sp³-hybridized carbons (Fsp3) is 0.615. The van der Waals surface area contributed by atoms with Gasteiger partial charge in [0.25, 0.3) is 0 Å². The van der Waals surface area contributed by atoms with E-state index in [1.165, 1.54) is 12.8 Å². The molecule has 17 heavy (non-hydrogen) atoms. The van der Waals surface area contributed by atoms with E-state index in [-0.39, 0.29) is 0 Å². The maximum absolute atomic E-state index is 5.88. The summed E-state index contributed by atoms with van der Waals surface area (Å²) in [6, 6.07) is 6.11. The van der Waals surface area contributed by atoms with Gasteiger partial charge >= 0.3 is 0 Å². The van der Waals surface area contributed by atoms with E-state index in [0.29, 0.717) is 5.54 Å². The molecule has 1 aromatic rings. The molecular weight excluding hydrogens is 212 g/mol. The molecule has 0 atom stereocenters. The second-order valence-electron chi connectivity index (χ2n) is 5.09. The summed E-state index contributed by atoms with van der Waals surface area (Å²) in [4.78, 5) is 9.35. The molecule has 2 fully saturated rings. The van der Waals surface area contributed by atoms with Crippen LogP contribution in [0.1, 0.15) is 12.8 Å². The van der Waals surface area contributed by atoms with Gasteiger partial charge in [0.15, 0.2) is 0 Å². The van der Waals surface area contributed by atoms with E-state index < -0.39 is 0 Å². The molecule has 1 saturated heterocycles. The van der Waals surface area contributed by atoms with Gasteiger partial charge in [0.2, 0.25) is 0 Å². The number of nitrogens with zero attached hydrogens (tertiary/aromatic N) is 3. The maximum Gasteiger partial charge on any atom is 0.128 e. The van der Waals surface area contributed by atoms with Gasteiger partial charge in [0.1, 0.15) is 5.82 Å². The molecule has 2 N–H and O–H groups in total. The highest BCUT2D eigenvalue weighted by Gasteiger charge is 2.47. The highest BCUT2D eigenvalue weighted by molar-refractivity contribution is 5.38. The molecule has 1 aliphatic carbocycles. The molecular formula is C13H20N4. The molecule has 3 rings (SSSR count). The van der Waals surface area contributed by atoms with Crippen LogP contribution in [-0.4, -0.2) is 48.1 Å². The normalized spacial score (nSPS) is 23.7. The number of piperazine rings is 1. The number of hydrogen-bond donors (Lipinski definition) is 1. The minimum Gasteiger partial charge on any atom is -0.354 e. The third kappa shape index (κ3) is 2.03. The van der Waals surface area contributed by atoms with Crippen LogP contribution < -0.4 is 10.6 Å². The highest BCUT2D eigenvalue weighted by atomic mass is 15.3. The number of pyridine rings is 1. The minimum absolute atomic E-state index is 0.357. The van der Waals surface area contributed by atoms with Crippen LogP contribution in [-0.2, 0) is 0 Å². The van der Waals surface area contributed by atoms with E-state index in [1.54, 1.807) is 0 Å². The van der Waals surface area contributed by atoms with Gasteiger partial charge in [-0.1, -0.05) is 6.07 Å². The first kappa shape index (κ1) is 11.0. The van der Waals surface area contributed by atoms with Gasteiger partial charge in [-0.3, -0.25) is 4.90 Å². The van der Waals surface area contributed by atoms with Gasteiger partial charge in [0, 0.05) is 44.5 Å². The summed E-state index contributed by atoms with van der Waals surface area (Å²) in [5.74, 6) is 1.10. The summed E-state index contributed by atoms with van der Waals surface area (Å²) < 4.78 is 0. The molecule has 0 bridgehead atoms. The van der Waals surface area contributed by atoms with Crippen LogP contribution in [0.3, 0.4) is 0 Å². The Bertz CT molecular complexity index is 366. The first-order chi connectivity index (χ1) is 8.34. The van der Waals surface area contributed by atoms with Crippen molar-refractivity contribution in [1.82, 2.24) is 9.88 Å². The van der Waals surface area contributed by atoms with Crippen molar-refractivity contribution in [2.24, 2.45) is 5.73 Å². The van der Waals surface area contributed by atoms with E-state index in [4.69, 9.17) is 5.73 Å². The molecule has 0 unspecified atom stereocenters. The van der Waals surface area contributed by atoms with Crippen molar-refractivity contribution in [2.75, 3.05) is 37.6 Å². The van der Waals surface area contributed by atoms with Crippen molar-refractivity contribution in [3.8, 4) is 0 Å². The fourth-order valence-corrected chi connectivity index (χ4v) is 2.74. The molecule has 2 aliphatic rings. The summed E-state index contributed by atoms with van der Waals surface area (Å²) in [5, 5.41) is 0. The second kappa shape index (κ2) is 4.27. The lowest BCUT2D eigenvalue weighted by atomic mass is 10.2. The highest BCUT2D eigenvalue weighted by Crippen LogP contribution is 2.41. The summed E-state index contributed by atoms with van der Waals surface area (Å²) in [7, 11) is 0. The zero-order valence-electron chi connectivity index (χ0n) is 10.2. The summed E-state index contributed by atoms with van der Waals surface area (Å²) in [6.45, 7) is 5.19. The number of nitrogens with two attached hydrogens (primary N) is 1. The molecule has 1 aromatic heterocycles. The van der Waals surface area contributed by atoms with E-state index >= 15 is 0 Å². The fourth-order valence-electron chi connectivity index (χ4n) is 2.74. The van der Waals surface area contributed by atoms with Crippen LogP contribution in [0.15, 0.2) is 24.4 Å². The minimum atomic E-state index is 0.357. The SMILES string of the molecule is NCC1(N2CCN(c3ccccn3)CC2)CC1. The maximum atomic E-state index is 5.88. The Kier molecular flexibility index (Phi) is 2.76. The monoisotopic (exact) mass is 232 g/mol. The van der Waals surface area contributed by atoms with Crippen LogP contribution in [0, 0.1) is 0 Å². The topological polar surface area (TPSA) is 45.4 Å². The molecule has 0 amide bonds. The van der Waals surface area contributed by atoms with Crippen LogP contribution in [0.2, 0.25) is 0 Å². The Morgan fingerprint density at radius 3 is 2.47 bits per heavy atom. The van der Waals surface area contributed by atoms with Gasteiger partial charge in [0.05, 0.1) is 0 Å². The smallest absolute Gasteiger partial charge is 0.128 e. The molecule has 0 spiro atoms. The second-order valence-corrected chi connectivity index (χ2v) is 5.09. The third-order valence-corrected chi connectivity index (χ3v) is 4.13. The molecule has 92 valence electrons. The van der Waals surface area contributed by atoms with Crippen molar-refractivity contribution in [2.45, 2.75) is 18.4 Å². The van der Waals surface area contributed by atoms with Gasteiger partial charge in [-0.05, 0) is 25.0 Å². The van der Waals surface area contributed by atoms with Gasteiger partial charge in [-0.2, -0.15) is 0 Å². The molecule has 0 radical (unpaired) electrons. The first-order valence-electron chi connectivity index (χ1n) is 6.45. The van der Waals surface area contributed by atoms with E-state index in [2.05, 4.69) is 26.9 Å². The quantitative estimate of drug-likeness (QED) is 0.833. The molecule has 2 heterocycles. The molecule has 1 saturated carbocycles. The van der Waals surface area contributed by atoms with E-state index in [0.717, 1.165) is 38.5 Å². The first-order valence-corrected chi connectivity index (χ1v) is 6.45. The lowest BCUT2D eigenvalue weighted by Gasteiger charge is -2.39. The number of hydrogen-bond acceptors (Lipinski definition) is 4. The molecule has 4 heteroatoms. The zero-order chi connectivity index (χ0) is 11.7. The van der Waals surface area contributed by atoms with Gasteiger partial charge in [-0.15, -0.1) is 0 Å². The lowest BCUT2D eigenvalue weighted by Crippen LogP contribution is -2.54. The van der Waals surface area contributed by atoms with Crippen molar-refractivity contribution >= 4 is 5.82 Å². The summed E-state index contributed by atoms with van der Waals surface area (Å²) in [5.41, 5.74) is 6.24.